The molecule has 0 aromatic rings. The number of aliphatic hydroxyl groups excluding tert-OH is 1. The molecule has 0 aromatic carbocycles. The molecule has 6 heteroatoms. The molecule has 2 heterocycles. The summed E-state index contributed by atoms with van der Waals surface area (Å²) in [5.74, 6) is 0.465. The number of hydrogen-bond acceptors (Lipinski definition) is 4. The molecule has 2 atom stereocenters. The van der Waals surface area contributed by atoms with Crippen LogP contribution in [0, 0.1) is 5.92 Å². The van der Waals surface area contributed by atoms with Crippen LogP contribution in [-0.4, -0.2) is 84.5 Å². The van der Waals surface area contributed by atoms with Crippen molar-refractivity contribution in [2.24, 2.45) is 5.92 Å². The summed E-state index contributed by atoms with van der Waals surface area (Å²) >= 11 is 0. The molecule has 2 aliphatic heterocycles. The lowest BCUT2D eigenvalue weighted by Gasteiger charge is -2.37. The van der Waals surface area contributed by atoms with E-state index in [4.69, 9.17) is 0 Å². The molecule has 2 fully saturated rings. The van der Waals surface area contributed by atoms with Gasteiger partial charge in [-0.3, -0.25) is 9.59 Å². The summed E-state index contributed by atoms with van der Waals surface area (Å²) in [5.41, 5.74) is 0. The van der Waals surface area contributed by atoms with Crippen LogP contribution in [0.15, 0.2) is 0 Å². The van der Waals surface area contributed by atoms with Gasteiger partial charge >= 0.3 is 0 Å². The minimum atomic E-state index is -0.447. The zero-order valence-corrected chi connectivity index (χ0v) is 13.8. The standard InChI is InChI=1S/C16H29N3O3/c1-17(2)11-13-6-9-19(12-14(13)20)16(22)7-10-18-8-4-3-5-15(18)21/h13-14,20H,3-12H2,1-2H3. The molecule has 2 unspecified atom stereocenters. The normalized spacial score (nSPS) is 26.6. The highest BCUT2D eigenvalue weighted by Crippen LogP contribution is 2.19. The van der Waals surface area contributed by atoms with E-state index >= 15 is 0 Å². The van der Waals surface area contributed by atoms with E-state index in [0.717, 1.165) is 32.4 Å². The number of amides is 2. The number of piperidine rings is 2. The third-order valence-electron chi connectivity index (χ3n) is 4.69. The fraction of sp³-hybridized carbons (Fsp3) is 0.875. The lowest BCUT2D eigenvalue weighted by molar-refractivity contribution is -0.138. The maximum Gasteiger partial charge on any atom is 0.224 e. The molecule has 6 nitrogen and oxygen atoms in total. The lowest BCUT2D eigenvalue weighted by atomic mass is 9.93. The molecular formula is C16H29N3O3. The smallest absolute Gasteiger partial charge is 0.224 e. The van der Waals surface area contributed by atoms with Gasteiger partial charge in [-0.1, -0.05) is 0 Å². The zero-order chi connectivity index (χ0) is 16.1. The molecular weight excluding hydrogens is 282 g/mol. The number of β-amino-alcohol motifs (C(OH)–C–C–N with tert-alkyl or cyclic N) is 1. The minimum Gasteiger partial charge on any atom is -0.391 e. The predicted octanol–water partition coefficient (Wildman–Crippen LogP) is 0.160. The van der Waals surface area contributed by atoms with E-state index in [9.17, 15) is 14.7 Å². The number of carbonyl (C=O) groups excluding carboxylic acids is 2. The summed E-state index contributed by atoms with van der Waals surface area (Å²) in [4.78, 5) is 29.7. The molecule has 0 radical (unpaired) electrons. The predicted molar refractivity (Wildman–Crippen MR) is 84.3 cm³/mol. The van der Waals surface area contributed by atoms with Crippen molar-refractivity contribution < 1.29 is 14.7 Å². The number of carbonyl (C=O) groups is 2. The molecule has 0 saturated carbocycles. The van der Waals surface area contributed by atoms with Crippen molar-refractivity contribution in [1.82, 2.24) is 14.7 Å². The van der Waals surface area contributed by atoms with Crippen molar-refractivity contribution in [3.8, 4) is 0 Å². The number of rotatable bonds is 5. The van der Waals surface area contributed by atoms with Crippen LogP contribution >= 0.6 is 0 Å². The van der Waals surface area contributed by atoms with Crippen LogP contribution in [0.25, 0.3) is 0 Å². The van der Waals surface area contributed by atoms with E-state index in [1.807, 2.05) is 14.1 Å². The first-order valence-corrected chi connectivity index (χ1v) is 8.35. The Hall–Kier alpha value is -1.14. The fourth-order valence-electron chi connectivity index (χ4n) is 3.38. The highest BCUT2D eigenvalue weighted by atomic mass is 16.3. The van der Waals surface area contributed by atoms with Gasteiger partial charge in [0, 0.05) is 51.5 Å². The summed E-state index contributed by atoms with van der Waals surface area (Å²) in [6.45, 7) is 3.28. The van der Waals surface area contributed by atoms with Gasteiger partial charge in [0.15, 0.2) is 0 Å². The first-order chi connectivity index (χ1) is 10.5. The second-order valence-corrected chi connectivity index (χ2v) is 6.81. The Labute approximate surface area is 133 Å². The molecule has 0 spiro atoms. The largest absolute Gasteiger partial charge is 0.391 e. The highest BCUT2D eigenvalue weighted by Gasteiger charge is 2.30. The summed E-state index contributed by atoms with van der Waals surface area (Å²) in [7, 11) is 4.00. The second kappa shape index (κ2) is 7.92. The van der Waals surface area contributed by atoms with Gasteiger partial charge in [-0.2, -0.15) is 0 Å². The fourth-order valence-corrected chi connectivity index (χ4v) is 3.38. The van der Waals surface area contributed by atoms with Gasteiger partial charge < -0.3 is 19.8 Å². The van der Waals surface area contributed by atoms with E-state index in [-0.39, 0.29) is 17.7 Å². The Kier molecular flexibility index (Phi) is 6.20. The van der Waals surface area contributed by atoms with Crippen molar-refractivity contribution in [3.05, 3.63) is 0 Å². The Balaban J connectivity index is 1.75. The van der Waals surface area contributed by atoms with Gasteiger partial charge in [0.25, 0.3) is 0 Å². The van der Waals surface area contributed by atoms with Crippen LogP contribution in [0.4, 0.5) is 0 Å². The number of aliphatic hydroxyl groups is 1. The van der Waals surface area contributed by atoms with Crippen LogP contribution in [0.5, 0.6) is 0 Å². The molecule has 2 rings (SSSR count). The number of nitrogens with zero attached hydrogens (tertiary/aromatic N) is 3. The van der Waals surface area contributed by atoms with Gasteiger partial charge in [0.1, 0.15) is 0 Å². The zero-order valence-electron chi connectivity index (χ0n) is 13.8. The Morgan fingerprint density at radius 2 is 2.09 bits per heavy atom. The van der Waals surface area contributed by atoms with Crippen LogP contribution in [0.3, 0.4) is 0 Å². The second-order valence-electron chi connectivity index (χ2n) is 6.81. The van der Waals surface area contributed by atoms with E-state index in [1.54, 1.807) is 9.80 Å². The van der Waals surface area contributed by atoms with Gasteiger partial charge in [0.2, 0.25) is 11.8 Å². The van der Waals surface area contributed by atoms with Crippen LogP contribution < -0.4 is 0 Å². The first-order valence-electron chi connectivity index (χ1n) is 8.35. The summed E-state index contributed by atoms with van der Waals surface area (Å²) in [6.07, 6.45) is 3.38. The van der Waals surface area contributed by atoms with Crippen molar-refractivity contribution in [2.45, 2.75) is 38.2 Å². The molecule has 0 bridgehead atoms. The average Bonchev–Trinajstić information content (AvgIpc) is 2.48. The minimum absolute atomic E-state index is 0.0562. The van der Waals surface area contributed by atoms with Crippen LogP contribution in [0.2, 0.25) is 0 Å². The van der Waals surface area contributed by atoms with Gasteiger partial charge in [0.05, 0.1) is 6.10 Å². The third kappa shape index (κ3) is 4.68. The summed E-state index contributed by atoms with van der Waals surface area (Å²) in [5, 5.41) is 10.2. The van der Waals surface area contributed by atoms with Crippen molar-refractivity contribution >= 4 is 11.8 Å². The Morgan fingerprint density at radius 1 is 1.32 bits per heavy atom. The van der Waals surface area contributed by atoms with E-state index in [2.05, 4.69) is 4.90 Å². The average molecular weight is 311 g/mol. The topological polar surface area (TPSA) is 64.1 Å². The van der Waals surface area contributed by atoms with Gasteiger partial charge in [-0.25, -0.2) is 0 Å². The highest BCUT2D eigenvalue weighted by molar-refractivity contribution is 5.79. The van der Waals surface area contributed by atoms with Gasteiger partial charge in [-0.05, 0) is 33.4 Å². The van der Waals surface area contributed by atoms with Crippen molar-refractivity contribution in [1.29, 1.82) is 0 Å². The third-order valence-corrected chi connectivity index (χ3v) is 4.69. The summed E-state index contributed by atoms with van der Waals surface area (Å²) in [6, 6.07) is 0. The van der Waals surface area contributed by atoms with Gasteiger partial charge in [-0.15, -0.1) is 0 Å². The molecule has 2 amide bonds. The molecule has 2 aliphatic rings. The monoisotopic (exact) mass is 311 g/mol. The first kappa shape index (κ1) is 17.2. The molecule has 126 valence electrons. The molecule has 2 saturated heterocycles. The Bertz CT molecular complexity index is 400. The molecule has 0 aromatic heterocycles. The maximum atomic E-state index is 12.3. The van der Waals surface area contributed by atoms with Crippen LogP contribution in [-0.2, 0) is 9.59 Å². The quantitative estimate of drug-likeness (QED) is 0.785. The Morgan fingerprint density at radius 3 is 2.73 bits per heavy atom. The van der Waals surface area contributed by atoms with E-state index in [1.165, 1.54) is 0 Å². The summed E-state index contributed by atoms with van der Waals surface area (Å²) < 4.78 is 0. The molecule has 22 heavy (non-hydrogen) atoms. The maximum absolute atomic E-state index is 12.3. The number of likely N-dealkylation sites (tertiary alicyclic amines) is 2. The molecule has 0 aliphatic carbocycles. The number of hydrogen-bond donors (Lipinski definition) is 1. The van der Waals surface area contributed by atoms with E-state index < -0.39 is 6.10 Å². The van der Waals surface area contributed by atoms with E-state index in [0.29, 0.717) is 32.5 Å². The van der Waals surface area contributed by atoms with Crippen LogP contribution in [0.1, 0.15) is 32.1 Å². The van der Waals surface area contributed by atoms with Crippen molar-refractivity contribution in [3.63, 3.8) is 0 Å². The SMILES string of the molecule is CN(C)CC1CCN(C(=O)CCN2CCCCC2=O)CC1O. The lowest BCUT2D eigenvalue weighted by Crippen LogP contribution is -2.49. The molecule has 1 N–H and O–H groups in total. The van der Waals surface area contributed by atoms with Crippen molar-refractivity contribution in [2.75, 3.05) is 46.8 Å².